The SMILES string of the molecule is CN(CCOCCOCCBr)C(=O)OCC1c2ccccc2-c2ccccc21. The number of carbonyl (C=O) groups is 1. The Kier molecular flexibility index (Phi) is 7.89. The first-order valence-electron chi connectivity index (χ1n) is 9.50. The number of benzene rings is 2. The lowest BCUT2D eigenvalue weighted by Crippen LogP contribution is -2.32. The quantitative estimate of drug-likeness (QED) is 0.402. The Bertz CT molecular complexity index is 737. The summed E-state index contributed by atoms with van der Waals surface area (Å²) < 4.78 is 16.4. The molecule has 28 heavy (non-hydrogen) atoms. The molecule has 0 radical (unpaired) electrons. The van der Waals surface area contributed by atoms with Crippen LogP contribution in [0.4, 0.5) is 4.79 Å². The monoisotopic (exact) mass is 447 g/mol. The van der Waals surface area contributed by atoms with Crippen LogP contribution in [0.1, 0.15) is 17.0 Å². The fourth-order valence-corrected chi connectivity index (χ4v) is 3.60. The number of fused-ring (bicyclic) bond motifs is 3. The molecule has 0 saturated carbocycles. The summed E-state index contributed by atoms with van der Waals surface area (Å²) in [6.07, 6.45) is -0.332. The second-order valence-corrected chi connectivity index (χ2v) is 7.43. The lowest BCUT2D eigenvalue weighted by atomic mass is 9.98. The van der Waals surface area contributed by atoms with Gasteiger partial charge in [-0.2, -0.15) is 0 Å². The minimum Gasteiger partial charge on any atom is -0.448 e. The summed E-state index contributed by atoms with van der Waals surface area (Å²) in [5.74, 6) is 0.0765. The molecule has 0 aliphatic heterocycles. The van der Waals surface area contributed by atoms with E-state index >= 15 is 0 Å². The molecule has 1 aliphatic carbocycles. The number of hydrogen-bond acceptors (Lipinski definition) is 4. The van der Waals surface area contributed by atoms with Crippen LogP contribution in [0.25, 0.3) is 11.1 Å². The molecule has 0 bridgehead atoms. The van der Waals surface area contributed by atoms with Crippen LogP contribution in [0.15, 0.2) is 48.5 Å². The lowest BCUT2D eigenvalue weighted by Gasteiger charge is -2.19. The second kappa shape index (κ2) is 10.6. The van der Waals surface area contributed by atoms with Gasteiger partial charge in [0.2, 0.25) is 0 Å². The molecule has 5 nitrogen and oxygen atoms in total. The standard InChI is InChI=1S/C22H26BrNO4/c1-24(11-13-27-15-14-26-12-10-23)22(25)28-16-21-19-8-4-2-6-17(19)18-7-3-5-9-20(18)21/h2-9,21H,10-16H2,1H3. The third-order valence-corrected chi connectivity index (χ3v) is 5.14. The maximum Gasteiger partial charge on any atom is 0.409 e. The van der Waals surface area contributed by atoms with Crippen LogP contribution in [-0.4, -0.2) is 63.0 Å². The number of carbonyl (C=O) groups excluding carboxylic acids is 1. The Hall–Kier alpha value is -1.89. The topological polar surface area (TPSA) is 48.0 Å². The van der Waals surface area contributed by atoms with Gasteiger partial charge in [0, 0.05) is 24.8 Å². The van der Waals surface area contributed by atoms with Crippen LogP contribution >= 0.6 is 15.9 Å². The summed E-state index contributed by atoms with van der Waals surface area (Å²) in [6, 6.07) is 16.6. The highest BCUT2D eigenvalue weighted by molar-refractivity contribution is 9.09. The third kappa shape index (κ3) is 5.13. The van der Waals surface area contributed by atoms with E-state index in [-0.39, 0.29) is 12.0 Å². The van der Waals surface area contributed by atoms with Crippen LogP contribution in [-0.2, 0) is 14.2 Å². The van der Waals surface area contributed by atoms with Gasteiger partial charge in [0.1, 0.15) is 6.61 Å². The molecule has 3 rings (SSSR count). The van der Waals surface area contributed by atoms with Crippen molar-refractivity contribution in [2.75, 3.05) is 52.0 Å². The molecule has 6 heteroatoms. The molecule has 0 N–H and O–H groups in total. The maximum absolute atomic E-state index is 12.3. The van der Waals surface area contributed by atoms with E-state index in [9.17, 15) is 4.79 Å². The molecule has 0 atom stereocenters. The van der Waals surface area contributed by atoms with Crippen LogP contribution in [0.2, 0.25) is 0 Å². The molecule has 1 aliphatic rings. The summed E-state index contributed by atoms with van der Waals surface area (Å²) >= 11 is 3.30. The second-order valence-electron chi connectivity index (χ2n) is 6.64. The normalized spacial score (nSPS) is 12.5. The third-order valence-electron chi connectivity index (χ3n) is 4.81. The number of alkyl halides is 1. The summed E-state index contributed by atoms with van der Waals surface area (Å²) in [7, 11) is 1.73. The van der Waals surface area contributed by atoms with Gasteiger partial charge in [0.05, 0.1) is 26.4 Å². The number of halogens is 1. The van der Waals surface area contributed by atoms with Crippen LogP contribution < -0.4 is 0 Å². The highest BCUT2D eigenvalue weighted by atomic mass is 79.9. The number of amides is 1. The van der Waals surface area contributed by atoms with Crippen LogP contribution in [0.3, 0.4) is 0 Å². The first kappa shape index (κ1) is 20.8. The van der Waals surface area contributed by atoms with Crippen LogP contribution in [0, 0.1) is 0 Å². The highest BCUT2D eigenvalue weighted by Gasteiger charge is 2.29. The fraction of sp³-hybridized carbons (Fsp3) is 0.409. The zero-order valence-electron chi connectivity index (χ0n) is 16.1. The number of ether oxygens (including phenoxy) is 3. The summed E-state index contributed by atoms with van der Waals surface area (Å²) in [4.78, 5) is 13.9. The van der Waals surface area contributed by atoms with Gasteiger partial charge in [-0.15, -0.1) is 0 Å². The molecule has 0 heterocycles. The molecule has 0 unspecified atom stereocenters. The van der Waals surface area contributed by atoms with Crippen molar-refractivity contribution in [3.63, 3.8) is 0 Å². The minimum absolute atomic E-state index is 0.0765. The van der Waals surface area contributed by atoms with E-state index in [2.05, 4.69) is 40.2 Å². The molecule has 150 valence electrons. The lowest BCUT2D eigenvalue weighted by molar-refractivity contribution is 0.0430. The van der Waals surface area contributed by atoms with E-state index < -0.39 is 0 Å². The van der Waals surface area contributed by atoms with Gasteiger partial charge < -0.3 is 19.1 Å². The Labute approximate surface area is 174 Å². The molecule has 2 aromatic rings. The summed E-state index contributed by atoms with van der Waals surface area (Å²) in [5, 5.41) is 0.817. The molecular weight excluding hydrogens is 422 g/mol. The number of nitrogens with zero attached hydrogens (tertiary/aromatic N) is 1. The van der Waals surface area contributed by atoms with E-state index in [1.165, 1.54) is 22.3 Å². The van der Waals surface area contributed by atoms with Crippen molar-refractivity contribution < 1.29 is 19.0 Å². The number of likely N-dealkylation sites (N-methyl/N-ethyl adjacent to an activating group) is 1. The van der Waals surface area contributed by atoms with Gasteiger partial charge in [-0.3, -0.25) is 0 Å². The predicted octanol–water partition coefficient (Wildman–Crippen LogP) is 4.30. The molecule has 0 saturated heterocycles. The van der Waals surface area contributed by atoms with Crippen molar-refractivity contribution in [1.29, 1.82) is 0 Å². The summed E-state index contributed by atoms with van der Waals surface area (Å²) in [5.41, 5.74) is 4.88. The van der Waals surface area contributed by atoms with Gasteiger partial charge in [-0.1, -0.05) is 64.5 Å². The molecule has 0 aromatic heterocycles. The van der Waals surface area contributed by atoms with Crippen molar-refractivity contribution in [2.45, 2.75) is 5.92 Å². The summed E-state index contributed by atoms with van der Waals surface area (Å²) in [6.45, 7) is 3.01. The average Bonchev–Trinajstić information content (AvgIpc) is 3.05. The van der Waals surface area contributed by atoms with E-state index in [0.717, 1.165) is 5.33 Å². The Balaban J connectivity index is 1.47. The first-order chi connectivity index (χ1) is 13.7. The molecule has 0 spiro atoms. The van der Waals surface area contributed by atoms with E-state index in [1.807, 2.05) is 24.3 Å². The van der Waals surface area contributed by atoms with Crippen LogP contribution in [0.5, 0.6) is 0 Å². The minimum atomic E-state index is -0.332. The van der Waals surface area contributed by atoms with E-state index in [4.69, 9.17) is 14.2 Å². The molecule has 2 aromatic carbocycles. The zero-order chi connectivity index (χ0) is 19.8. The zero-order valence-corrected chi connectivity index (χ0v) is 17.7. The Morgan fingerprint density at radius 1 is 0.929 bits per heavy atom. The molecule has 0 fully saturated rings. The predicted molar refractivity (Wildman–Crippen MR) is 113 cm³/mol. The molecular formula is C22H26BrNO4. The van der Waals surface area contributed by atoms with Crippen molar-refractivity contribution in [3.8, 4) is 11.1 Å². The van der Waals surface area contributed by atoms with Gasteiger partial charge in [0.15, 0.2) is 0 Å². The Morgan fingerprint density at radius 2 is 1.50 bits per heavy atom. The molecule has 1 amide bonds. The van der Waals surface area contributed by atoms with Crippen molar-refractivity contribution in [2.24, 2.45) is 0 Å². The van der Waals surface area contributed by atoms with Crippen molar-refractivity contribution >= 4 is 22.0 Å². The van der Waals surface area contributed by atoms with Gasteiger partial charge in [-0.05, 0) is 22.3 Å². The van der Waals surface area contributed by atoms with E-state index in [0.29, 0.717) is 39.6 Å². The van der Waals surface area contributed by atoms with Gasteiger partial charge in [-0.25, -0.2) is 4.79 Å². The van der Waals surface area contributed by atoms with Gasteiger partial charge >= 0.3 is 6.09 Å². The van der Waals surface area contributed by atoms with E-state index in [1.54, 1.807) is 11.9 Å². The Morgan fingerprint density at radius 3 is 2.11 bits per heavy atom. The smallest absolute Gasteiger partial charge is 0.409 e. The highest BCUT2D eigenvalue weighted by Crippen LogP contribution is 2.44. The number of hydrogen-bond donors (Lipinski definition) is 0. The first-order valence-corrected chi connectivity index (χ1v) is 10.6. The average molecular weight is 448 g/mol. The van der Waals surface area contributed by atoms with Crippen molar-refractivity contribution in [1.82, 2.24) is 4.90 Å². The van der Waals surface area contributed by atoms with Gasteiger partial charge in [0.25, 0.3) is 0 Å². The fourth-order valence-electron chi connectivity index (χ4n) is 3.37. The largest absolute Gasteiger partial charge is 0.448 e. The maximum atomic E-state index is 12.3. The van der Waals surface area contributed by atoms with Crippen molar-refractivity contribution in [3.05, 3.63) is 59.7 Å². The number of rotatable bonds is 10.